The maximum atomic E-state index is 12.1. The Hall–Kier alpha value is -2.08. The van der Waals surface area contributed by atoms with Gasteiger partial charge in [-0.25, -0.2) is 0 Å². The second-order valence-corrected chi connectivity index (χ2v) is 6.32. The van der Waals surface area contributed by atoms with Crippen LogP contribution < -0.4 is 15.8 Å². The Morgan fingerprint density at radius 1 is 1.42 bits per heavy atom. The van der Waals surface area contributed by atoms with Crippen molar-refractivity contribution in [3.8, 4) is 5.75 Å². The van der Waals surface area contributed by atoms with E-state index in [2.05, 4.69) is 5.32 Å². The summed E-state index contributed by atoms with van der Waals surface area (Å²) in [5.74, 6) is 0.768. The molecule has 3 atom stereocenters. The molecule has 2 amide bonds. The van der Waals surface area contributed by atoms with E-state index in [0.717, 1.165) is 12.2 Å². The van der Waals surface area contributed by atoms with E-state index in [1.807, 2.05) is 44.2 Å². The van der Waals surface area contributed by atoms with Crippen molar-refractivity contribution in [2.24, 2.45) is 11.7 Å². The van der Waals surface area contributed by atoms with Gasteiger partial charge < -0.3 is 20.7 Å². The lowest BCUT2D eigenvalue weighted by molar-refractivity contribution is -0.128. The number of benzene rings is 1. The summed E-state index contributed by atoms with van der Waals surface area (Å²) < 4.78 is 5.62. The van der Waals surface area contributed by atoms with Gasteiger partial charge in [0.05, 0.1) is 18.6 Å². The Morgan fingerprint density at radius 2 is 2.12 bits per heavy atom. The predicted octanol–water partition coefficient (Wildman–Crippen LogP) is 1.16. The molecule has 6 heteroatoms. The van der Waals surface area contributed by atoms with E-state index in [-0.39, 0.29) is 23.8 Å². The van der Waals surface area contributed by atoms with Crippen molar-refractivity contribution in [1.29, 1.82) is 0 Å². The van der Waals surface area contributed by atoms with Crippen molar-refractivity contribution in [3.05, 3.63) is 30.3 Å². The molecule has 0 saturated carbocycles. The lowest BCUT2D eigenvalue weighted by Crippen LogP contribution is -2.49. The fraction of sp³-hybridized carbons (Fsp3) is 0.556. The molecule has 1 aromatic rings. The van der Waals surface area contributed by atoms with Gasteiger partial charge in [-0.15, -0.1) is 0 Å². The quantitative estimate of drug-likeness (QED) is 0.747. The molecule has 0 aliphatic carbocycles. The number of para-hydroxylation sites is 1. The summed E-state index contributed by atoms with van der Waals surface area (Å²) >= 11 is 0. The zero-order chi connectivity index (χ0) is 17.5. The normalized spacial score (nSPS) is 19.9. The van der Waals surface area contributed by atoms with Crippen LogP contribution in [0.4, 0.5) is 0 Å². The van der Waals surface area contributed by atoms with Crippen molar-refractivity contribution < 1.29 is 14.3 Å². The number of amides is 2. The van der Waals surface area contributed by atoms with Crippen LogP contribution in [-0.4, -0.2) is 48.5 Å². The average molecular weight is 333 g/mol. The van der Waals surface area contributed by atoms with E-state index < -0.39 is 6.04 Å². The van der Waals surface area contributed by atoms with Gasteiger partial charge in [0, 0.05) is 13.0 Å². The number of rotatable bonds is 8. The third-order valence-electron chi connectivity index (χ3n) is 4.49. The highest BCUT2D eigenvalue weighted by Gasteiger charge is 2.32. The predicted molar refractivity (Wildman–Crippen MR) is 92.5 cm³/mol. The third-order valence-corrected chi connectivity index (χ3v) is 4.49. The van der Waals surface area contributed by atoms with Crippen LogP contribution >= 0.6 is 0 Å². The summed E-state index contributed by atoms with van der Waals surface area (Å²) in [6.07, 6.45) is 1.17. The first-order valence-corrected chi connectivity index (χ1v) is 8.52. The lowest BCUT2D eigenvalue weighted by Gasteiger charge is -2.21. The first kappa shape index (κ1) is 18.3. The number of carbonyl (C=O) groups excluding carboxylic acids is 2. The minimum atomic E-state index is -0.527. The zero-order valence-electron chi connectivity index (χ0n) is 14.4. The van der Waals surface area contributed by atoms with Gasteiger partial charge >= 0.3 is 0 Å². The van der Waals surface area contributed by atoms with Crippen LogP contribution in [0.5, 0.6) is 5.75 Å². The van der Waals surface area contributed by atoms with Crippen molar-refractivity contribution in [3.63, 3.8) is 0 Å². The molecular formula is C18H27N3O3. The molecule has 0 aromatic heterocycles. The number of nitrogens with two attached hydrogens (primary N) is 1. The van der Waals surface area contributed by atoms with Gasteiger partial charge in [-0.1, -0.05) is 38.5 Å². The van der Waals surface area contributed by atoms with E-state index >= 15 is 0 Å². The highest BCUT2D eigenvalue weighted by atomic mass is 16.5. The maximum Gasteiger partial charge on any atom is 0.237 e. The first-order valence-electron chi connectivity index (χ1n) is 8.52. The third kappa shape index (κ3) is 4.96. The SMILES string of the molecule is CCC(C)C(N)C(=O)NC1CC(=O)N(CCOc2ccccc2)C1. The Bertz CT molecular complexity index is 550. The Labute approximate surface area is 143 Å². The van der Waals surface area contributed by atoms with Crippen LogP contribution in [0.15, 0.2) is 30.3 Å². The van der Waals surface area contributed by atoms with Crippen LogP contribution in [0, 0.1) is 5.92 Å². The largest absolute Gasteiger partial charge is 0.492 e. The molecular weight excluding hydrogens is 306 g/mol. The van der Waals surface area contributed by atoms with Gasteiger partial charge in [-0.05, 0) is 18.1 Å². The summed E-state index contributed by atoms with van der Waals surface area (Å²) in [4.78, 5) is 25.9. The van der Waals surface area contributed by atoms with E-state index in [1.165, 1.54) is 0 Å². The van der Waals surface area contributed by atoms with Gasteiger partial charge in [-0.3, -0.25) is 9.59 Å². The molecule has 2 rings (SSSR count). The number of ether oxygens (including phenoxy) is 1. The Kier molecular flexibility index (Phi) is 6.61. The van der Waals surface area contributed by atoms with Gasteiger partial charge in [0.2, 0.25) is 11.8 Å². The van der Waals surface area contributed by atoms with Gasteiger partial charge in [0.15, 0.2) is 0 Å². The maximum absolute atomic E-state index is 12.1. The van der Waals surface area contributed by atoms with E-state index in [1.54, 1.807) is 4.90 Å². The van der Waals surface area contributed by atoms with Gasteiger partial charge in [0.25, 0.3) is 0 Å². The number of nitrogens with one attached hydrogen (secondary N) is 1. The lowest BCUT2D eigenvalue weighted by atomic mass is 9.99. The minimum absolute atomic E-state index is 0.0362. The molecule has 1 saturated heterocycles. The molecule has 1 aromatic carbocycles. The zero-order valence-corrected chi connectivity index (χ0v) is 14.4. The second-order valence-electron chi connectivity index (χ2n) is 6.32. The summed E-state index contributed by atoms with van der Waals surface area (Å²) in [6.45, 7) is 5.42. The number of hydrogen-bond donors (Lipinski definition) is 2. The number of carbonyl (C=O) groups is 2. The van der Waals surface area contributed by atoms with E-state index in [9.17, 15) is 9.59 Å². The van der Waals surface area contributed by atoms with Gasteiger partial charge in [-0.2, -0.15) is 0 Å². The number of nitrogens with zero attached hydrogens (tertiary/aromatic N) is 1. The van der Waals surface area contributed by atoms with E-state index in [4.69, 9.17) is 10.5 Å². The van der Waals surface area contributed by atoms with E-state index in [0.29, 0.717) is 26.1 Å². The standard InChI is InChI=1S/C18H27N3O3/c1-3-13(2)17(19)18(23)20-14-11-16(22)21(12-14)9-10-24-15-7-5-4-6-8-15/h4-8,13-14,17H,3,9-12,19H2,1-2H3,(H,20,23). The van der Waals surface area contributed by atoms with Crippen LogP contribution in [0.3, 0.4) is 0 Å². The summed E-state index contributed by atoms with van der Waals surface area (Å²) in [5, 5.41) is 2.90. The van der Waals surface area contributed by atoms with Crippen LogP contribution in [-0.2, 0) is 9.59 Å². The molecule has 3 unspecified atom stereocenters. The van der Waals surface area contributed by atoms with Crippen LogP contribution in [0.25, 0.3) is 0 Å². The molecule has 132 valence electrons. The average Bonchev–Trinajstić information content (AvgIpc) is 2.93. The molecule has 6 nitrogen and oxygen atoms in total. The first-order chi connectivity index (χ1) is 11.5. The van der Waals surface area contributed by atoms with Crippen LogP contribution in [0.2, 0.25) is 0 Å². The van der Waals surface area contributed by atoms with Crippen molar-refractivity contribution in [1.82, 2.24) is 10.2 Å². The summed E-state index contributed by atoms with van der Waals surface area (Å²) in [7, 11) is 0. The Morgan fingerprint density at radius 3 is 2.79 bits per heavy atom. The molecule has 0 bridgehead atoms. The topological polar surface area (TPSA) is 84.7 Å². The second kappa shape index (κ2) is 8.68. The smallest absolute Gasteiger partial charge is 0.237 e. The molecule has 0 spiro atoms. The monoisotopic (exact) mass is 333 g/mol. The fourth-order valence-electron chi connectivity index (χ4n) is 2.69. The van der Waals surface area contributed by atoms with Crippen molar-refractivity contribution in [2.45, 2.75) is 38.8 Å². The van der Waals surface area contributed by atoms with Crippen LogP contribution in [0.1, 0.15) is 26.7 Å². The fourth-order valence-corrected chi connectivity index (χ4v) is 2.69. The molecule has 24 heavy (non-hydrogen) atoms. The Balaban J connectivity index is 1.75. The minimum Gasteiger partial charge on any atom is -0.492 e. The molecule has 0 radical (unpaired) electrons. The molecule has 1 aliphatic heterocycles. The van der Waals surface area contributed by atoms with Gasteiger partial charge in [0.1, 0.15) is 12.4 Å². The molecule has 3 N–H and O–H groups in total. The summed E-state index contributed by atoms with van der Waals surface area (Å²) in [5.41, 5.74) is 5.93. The molecule has 1 fully saturated rings. The highest BCUT2D eigenvalue weighted by molar-refractivity contribution is 5.84. The van der Waals surface area contributed by atoms with Crippen molar-refractivity contribution >= 4 is 11.8 Å². The summed E-state index contributed by atoms with van der Waals surface area (Å²) in [6, 6.07) is 8.80. The van der Waals surface area contributed by atoms with Crippen molar-refractivity contribution in [2.75, 3.05) is 19.7 Å². The molecule has 1 heterocycles. The number of hydrogen-bond acceptors (Lipinski definition) is 4. The highest BCUT2D eigenvalue weighted by Crippen LogP contribution is 2.13. The molecule has 1 aliphatic rings. The number of likely N-dealkylation sites (tertiary alicyclic amines) is 1.